The van der Waals surface area contributed by atoms with Crippen molar-refractivity contribution in [1.29, 1.82) is 0 Å². The predicted molar refractivity (Wildman–Crippen MR) is 112 cm³/mol. The van der Waals surface area contributed by atoms with Crippen molar-refractivity contribution >= 4 is 16.2 Å². The molecule has 0 amide bonds. The first-order valence-corrected chi connectivity index (χ1v) is 12.5. The number of hydrogen-bond acceptors (Lipinski definition) is 2. The number of rotatable bonds is 19. The lowest BCUT2D eigenvalue weighted by molar-refractivity contribution is 0.533. The third kappa shape index (κ3) is 19.8. The lowest BCUT2D eigenvalue weighted by Crippen LogP contribution is -2.01. The maximum atomic E-state index is 11.4. The summed E-state index contributed by atoms with van der Waals surface area (Å²) < 4.78 is 26.5. The van der Waals surface area contributed by atoms with E-state index in [2.05, 4.69) is 11.3 Å². The number of sulfonamides is 1. The van der Waals surface area contributed by atoms with E-state index in [4.69, 9.17) is 0 Å². The number of nitrogens with zero attached hydrogens (tertiary/aromatic N) is 1. The quantitative estimate of drug-likeness (QED) is 0.180. The summed E-state index contributed by atoms with van der Waals surface area (Å²) in [7, 11) is -3.18. The second kappa shape index (κ2) is 18.4. The summed E-state index contributed by atoms with van der Waals surface area (Å²) in [6.45, 7) is 4.14. The van der Waals surface area contributed by atoms with Gasteiger partial charge in [0.15, 0.2) is 0 Å². The second-order valence-corrected chi connectivity index (χ2v) is 9.10. The average molecular weight is 374 g/mol. The summed E-state index contributed by atoms with van der Waals surface area (Å²) in [5.74, 6) is 0.169. The molecule has 0 rings (SSSR count). The lowest BCUT2D eigenvalue weighted by atomic mass is 10.0. The standard InChI is InChI=1S/C21H43NO2S/c1-3-5-6-7-8-9-10-11-12-13-14-15-16-17-18-19-20-22-25(23,24)21-4-2/h20H,3-19,21H2,1-2H3. The monoisotopic (exact) mass is 373 g/mol. The molecule has 0 unspecified atom stereocenters. The van der Waals surface area contributed by atoms with Crippen molar-refractivity contribution in [2.45, 2.75) is 123 Å². The molecule has 0 aliphatic rings. The predicted octanol–water partition coefficient (Wildman–Crippen LogP) is 7.06. The molecule has 150 valence electrons. The van der Waals surface area contributed by atoms with Crippen LogP contribution in [0.4, 0.5) is 0 Å². The minimum atomic E-state index is -3.18. The smallest absolute Gasteiger partial charge is 0.205 e. The minimum absolute atomic E-state index is 0.169. The molecular weight excluding hydrogens is 330 g/mol. The zero-order valence-electron chi connectivity index (χ0n) is 17.0. The Labute approximate surface area is 158 Å². The maximum Gasteiger partial charge on any atom is 0.252 e. The van der Waals surface area contributed by atoms with Crippen LogP contribution in [0.1, 0.15) is 123 Å². The van der Waals surface area contributed by atoms with Crippen LogP contribution in [0.25, 0.3) is 0 Å². The molecule has 4 heteroatoms. The van der Waals surface area contributed by atoms with E-state index in [1.54, 1.807) is 6.21 Å². The Bertz CT molecular complexity index is 391. The van der Waals surface area contributed by atoms with Gasteiger partial charge >= 0.3 is 0 Å². The van der Waals surface area contributed by atoms with Crippen molar-refractivity contribution in [2.24, 2.45) is 4.40 Å². The van der Waals surface area contributed by atoms with E-state index in [0.29, 0.717) is 6.42 Å². The van der Waals surface area contributed by atoms with Crippen LogP contribution in [0.5, 0.6) is 0 Å². The van der Waals surface area contributed by atoms with Gasteiger partial charge in [0.05, 0.1) is 5.75 Å². The van der Waals surface area contributed by atoms with Gasteiger partial charge in [-0.05, 0) is 19.3 Å². The molecule has 3 nitrogen and oxygen atoms in total. The van der Waals surface area contributed by atoms with Crippen molar-refractivity contribution in [3.05, 3.63) is 0 Å². The molecule has 0 aromatic carbocycles. The van der Waals surface area contributed by atoms with Crippen LogP contribution in [0.15, 0.2) is 4.40 Å². The Morgan fingerprint density at radius 2 is 1.00 bits per heavy atom. The van der Waals surface area contributed by atoms with Gasteiger partial charge in [-0.25, -0.2) is 8.42 Å². The van der Waals surface area contributed by atoms with Crippen molar-refractivity contribution < 1.29 is 8.42 Å². The highest BCUT2D eigenvalue weighted by Gasteiger charge is 2.03. The summed E-state index contributed by atoms with van der Waals surface area (Å²) in [6, 6.07) is 0. The molecule has 0 fully saturated rings. The summed E-state index contributed by atoms with van der Waals surface area (Å²) in [5, 5.41) is 0. The van der Waals surface area contributed by atoms with Gasteiger partial charge in [-0.15, -0.1) is 0 Å². The normalized spacial score (nSPS) is 12.2. The molecule has 25 heavy (non-hydrogen) atoms. The van der Waals surface area contributed by atoms with Crippen molar-refractivity contribution in [1.82, 2.24) is 0 Å². The van der Waals surface area contributed by atoms with Gasteiger partial charge in [0.1, 0.15) is 0 Å². The van der Waals surface area contributed by atoms with Gasteiger partial charge in [0, 0.05) is 6.21 Å². The van der Waals surface area contributed by atoms with Crippen molar-refractivity contribution in [3.63, 3.8) is 0 Å². The summed E-state index contributed by atoms with van der Waals surface area (Å²) >= 11 is 0. The van der Waals surface area contributed by atoms with Crippen LogP contribution >= 0.6 is 0 Å². The molecule has 0 saturated heterocycles. The molecular formula is C21H43NO2S. The zero-order chi connectivity index (χ0) is 18.6. The second-order valence-electron chi connectivity index (χ2n) is 7.31. The van der Waals surface area contributed by atoms with Crippen LogP contribution in [0.3, 0.4) is 0 Å². The van der Waals surface area contributed by atoms with Gasteiger partial charge < -0.3 is 0 Å². The first-order valence-electron chi connectivity index (χ1n) is 10.9. The zero-order valence-corrected chi connectivity index (χ0v) is 17.8. The van der Waals surface area contributed by atoms with E-state index in [9.17, 15) is 8.42 Å². The topological polar surface area (TPSA) is 46.5 Å². The Morgan fingerprint density at radius 1 is 0.600 bits per heavy atom. The fourth-order valence-corrected chi connectivity index (χ4v) is 4.04. The highest BCUT2D eigenvalue weighted by atomic mass is 32.2. The SMILES string of the molecule is CCCCCCCCCCCCCCCCCC=NS(=O)(=O)CCC. The Balaban J connectivity index is 3.20. The molecule has 0 saturated carbocycles. The molecule has 0 aromatic rings. The van der Waals surface area contributed by atoms with E-state index in [1.807, 2.05) is 6.92 Å². The van der Waals surface area contributed by atoms with Crippen LogP contribution < -0.4 is 0 Å². The lowest BCUT2D eigenvalue weighted by Gasteiger charge is -2.03. The molecule has 0 N–H and O–H groups in total. The minimum Gasteiger partial charge on any atom is -0.205 e. The number of hydrogen-bond donors (Lipinski definition) is 0. The van der Waals surface area contributed by atoms with Crippen LogP contribution in [0.2, 0.25) is 0 Å². The first kappa shape index (κ1) is 24.6. The molecule has 0 spiro atoms. The van der Waals surface area contributed by atoms with E-state index >= 15 is 0 Å². The van der Waals surface area contributed by atoms with Crippen molar-refractivity contribution in [3.8, 4) is 0 Å². The van der Waals surface area contributed by atoms with Gasteiger partial charge in [-0.2, -0.15) is 4.40 Å². The maximum absolute atomic E-state index is 11.4. The molecule has 0 atom stereocenters. The summed E-state index contributed by atoms with van der Waals surface area (Å²) in [6.07, 6.45) is 23.3. The van der Waals surface area contributed by atoms with E-state index in [-0.39, 0.29) is 5.75 Å². The number of unbranched alkanes of at least 4 members (excludes halogenated alkanes) is 15. The van der Waals surface area contributed by atoms with E-state index in [0.717, 1.165) is 12.8 Å². The molecule has 0 heterocycles. The molecule has 0 aromatic heterocycles. The first-order chi connectivity index (χ1) is 12.1. The largest absolute Gasteiger partial charge is 0.252 e. The van der Waals surface area contributed by atoms with E-state index < -0.39 is 10.0 Å². The molecule has 0 radical (unpaired) electrons. The van der Waals surface area contributed by atoms with Gasteiger partial charge in [0.25, 0.3) is 10.0 Å². The Morgan fingerprint density at radius 3 is 1.40 bits per heavy atom. The Kier molecular flexibility index (Phi) is 18.1. The van der Waals surface area contributed by atoms with Gasteiger partial charge in [-0.3, -0.25) is 0 Å². The highest BCUT2D eigenvalue weighted by molar-refractivity contribution is 7.90. The Hall–Kier alpha value is -0.380. The fourth-order valence-electron chi connectivity index (χ4n) is 3.08. The highest BCUT2D eigenvalue weighted by Crippen LogP contribution is 2.13. The summed E-state index contributed by atoms with van der Waals surface area (Å²) in [5.41, 5.74) is 0. The fraction of sp³-hybridized carbons (Fsp3) is 0.952. The third-order valence-corrected chi connectivity index (χ3v) is 6.03. The molecule has 0 bridgehead atoms. The average Bonchev–Trinajstić information content (AvgIpc) is 2.57. The van der Waals surface area contributed by atoms with E-state index in [1.165, 1.54) is 89.9 Å². The van der Waals surface area contributed by atoms with Gasteiger partial charge in [0.2, 0.25) is 0 Å². The third-order valence-electron chi connectivity index (χ3n) is 4.63. The van der Waals surface area contributed by atoms with Gasteiger partial charge in [-0.1, -0.05) is 104 Å². The molecule has 0 aliphatic carbocycles. The summed E-state index contributed by atoms with van der Waals surface area (Å²) in [4.78, 5) is 0. The van der Waals surface area contributed by atoms with Crippen LogP contribution in [0, 0.1) is 0 Å². The molecule has 0 aliphatic heterocycles. The van der Waals surface area contributed by atoms with Crippen LogP contribution in [-0.2, 0) is 10.0 Å². The van der Waals surface area contributed by atoms with Crippen LogP contribution in [-0.4, -0.2) is 20.4 Å². The van der Waals surface area contributed by atoms with Crippen molar-refractivity contribution in [2.75, 3.05) is 5.75 Å².